The molecule has 0 saturated carbocycles. The minimum atomic E-state index is 0.796. The molecule has 1 heteroatoms. The van der Waals surface area contributed by atoms with E-state index in [1.165, 1.54) is 12.8 Å². The van der Waals surface area contributed by atoms with Crippen molar-refractivity contribution in [1.29, 1.82) is 0 Å². The molecule has 0 unspecified atom stereocenters. The number of unbranched alkanes of at least 4 members (excludes halogenated alkanes) is 3. The maximum Gasteiger partial charge on any atom is 0.119 e. The third-order valence-corrected chi connectivity index (χ3v) is 2.44. The monoisotopic (exact) mass is 216 g/mol. The number of hydrogen-bond acceptors (Lipinski definition) is 1. The van der Waals surface area contributed by atoms with Crippen LogP contribution in [0.25, 0.3) is 6.08 Å². The Balaban J connectivity index is 2.16. The van der Waals surface area contributed by atoms with E-state index in [1.54, 1.807) is 0 Å². The Bertz CT molecular complexity index is 311. The second-order valence-corrected chi connectivity index (χ2v) is 3.76. The molecule has 86 valence electrons. The first-order chi connectivity index (χ1) is 7.86. The van der Waals surface area contributed by atoms with E-state index >= 15 is 0 Å². The molecule has 1 rings (SSSR count). The lowest BCUT2D eigenvalue weighted by atomic mass is 10.2. The van der Waals surface area contributed by atoms with Crippen LogP contribution >= 0.6 is 0 Å². The first-order valence-corrected chi connectivity index (χ1v) is 5.83. The topological polar surface area (TPSA) is 9.23 Å². The van der Waals surface area contributed by atoms with Gasteiger partial charge in [0.2, 0.25) is 0 Å². The molecular formula is C15H20O. The van der Waals surface area contributed by atoms with Gasteiger partial charge >= 0.3 is 0 Å². The molecule has 0 aliphatic rings. The van der Waals surface area contributed by atoms with E-state index in [2.05, 4.69) is 13.2 Å². The summed E-state index contributed by atoms with van der Waals surface area (Å²) in [6.07, 6.45) is 8.43. The number of hydrogen-bond donors (Lipinski definition) is 0. The molecule has 16 heavy (non-hydrogen) atoms. The third kappa shape index (κ3) is 4.83. The Morgan fingerprint density at radius 1 is 1.00 bits per heavy atom. The maximum absolute atomic E-state index is 5.63. The summed E-state index contributed by atoms with van der Waals surface area (Å²) in [6, 6.07) is 8.00. The second kappa shape index (κ2) is 7.75. The van der Waals surface area contributed by atoms with Crippen molar-refractivity contribution in [1.82, 2.24) is 0 Å². The summed E-state index contributed by atoms with van der Waals surface area (Å²) in [4.78, 5) is 0. The van der Waals surface area contributed by atoms with Crippen molar-refractivity contribution >= 4 is 6.08 Å². The van der Waals surface area contributed by atoms with Gasteiger partial charge in [0, 0.05) is 0 Å². The standard InChI is InChI=1S/C15H20O/c1-3-5-6-7-8-13-16-15-11-9-14(4-2)10-12-15/h3-4,9-12H,1-2,5-8,13H2. The Labute approximate surface area is 98.5 Å². The summed E-state index contributed by atoms with van der Waals surface area (Å²) >= 11 is 0. The van der Waals surface area contributed by atoms with Crippen LogP contribution in [-0.2, 0) is 0 Å². The zero-order valence-corrected chi connectivity index (χ0v) is 9.82. The summed E-state index contributed by atoms with van der Waals surface area (Å²) in [5, 5.41) is 0. The van der Waals surface area contributed by atoms with Crippen molar-refractivity contribution in [2.45, 2.75) is 25.7 Å². The van der Waals surface area contributed by atoms with E-state index in [4.69, 9.17) is 4.74 Å². The highest BCUT2D eigenvalue weighted by Gasteiger charge is 1.93. The lowest BCUT2D eigenvalue weighted by molar-refractivity contribution is 0.305. The number of rotatable bonds is 8. The normalized spacial score (nSPS) is 9.75. The van der Waals surface area contributed by atoms with Crippen LogP contribution < -0.4 is 4.74 Å². The molecule has 0 radical (unpaired) electrons. The van der Waals surface area contributed by atoms with E-state index in [1.807, 2.05) is 36.4 Å². The Morgan fingerprint density at radius 3 is 2.38 bits per heavy atom. The summed E-state index contributed by atoms with van der Waals surface area (Å²) in [6.45, 7) is 8.21. The van der Waals surface area contributed by atoms with Crippen molar-refractivity contribution in [2.24, 2.45) is 0 Å². The molecule has 0 heterocycles. The highest BCUT2D eigenvalue weighted by atomic mass is 16.5. The summed E-state index contributed by atoms with van der Waals surface area (Å²) in [5.41, 5.74) is 1.12. The first-order valence-electron chi connectivity index (χ1n) is 5.83. The molecule has 0 fully saturated rings. The average molecular weight is 216 g/mol. The van der Waals surface area contributed by atoms with Gasteiger partial charge in [-0.15, -0.1) is 6.58 Å². The second-order valence-electron chi connectivity index (χ2n) is 3.76. The molecule has 0 atom stereocenters. The molecule has 0 spiro atoms. The molecule has 0 aliphatic carbocycles. The zero-order chi connectivity index (χ0) is 11.6. The molecule has 1 aromatic carbocycles. The van der Waals surface area contributed by atoms with E-state index in [0.29, 0.717) is 0 Å². The molecule has 0 bridgehead atoms. The fourth-order valence-corrected chi connectivity index (χ4v) is 1.46. The highest BCUT2D eigenvalue weighted by molar-refractivity contribution is 5.48. The fraction of sp³-hybridized carbons (Fsp3) is 0.333. The van der Waals surface area contributed by atoms with Crippen LogP contribution in [0.5, 0.6) is 5.75 Å². The van der Waals surface area contributed by atoms with Crippen LogP contribution in [0.4, 0.5) is 0 Å². The van der Waals surface area contributed by atoms with E-state index in [-0.39, 0.29) is 0 Å². The van der Waals surface area contributed by atoms with Crippen LogP contribution in [0.3, 0.4) is 0 Å². The van der Waals surface area contributed by atoms with Crippen molar-refractivity contribution in [2.75, 3.05) is 6.61 Å². The SMILES string of the molecule is C=CCCCCCOc1ccc(C=C)cc1. The third-order valence-electron chi connectivity index (χ3n) is 2.44. The van der Waals surface area contributed by atoms with Crippen molar-refractivity contribution < 1.29 is 4.74 Å². The Kier molecular flexibility index (Phi) is 6.09. The lowest BCUT2D eigenvalue weighted by Gasteiger charge is -2.05. The molecule has 0 N–H and O–H groups in total. The Morgan fingerprint density at radius 2 is 1.75 bits per heavy atom. The minimum absolute atomic E-state index is 0.796. The molecular weight excluding hydrogens is 196 g/mol. The summed E-state index contributed by atoms with van der Waals surface area (Å²) < 4.78 is 5.63. The van der Waals surface area contributed by atoms with Gasteiger partial charge in [0.05, 0.1) is 6.61 Å². The predicted molar refractivity (Wildman–Crippen MR) is 70.7 cm³/mol. The van der Waals surface area contributed by atoms with Gasteiger partial charge in [0.15, 0.2) is 0 Å². The van der Waals surface area contributed by atoms with Crippen molar-refractivity contribution in [3.8, 4) is 5.75 Å². The summed E-state index contributed by atoms with van der Waals surface area (Å²) in [7, 11) is 0. The molecule has 0 aliphatic heterocycles. The molecule has 1 aromatic rings. The van der Waals surface area contributed by atoms with Gasteiger partial charge in [-0.1, -0.05) is 30.9 Å². The fourth-order valence-electron chi connectivity index (χ4n) is 1.46. The maximum atomic E-state index is 5.63. The summed E-state index contributed by atoms with van der Waals surface area (Å²) in [5.74, 6) is 0.939. The number of ether oxygens (including phenoxy) is 1. The van der Waals surface area contributed by atoms with Crippen LogP contribution in [0, 0.1) is 0 Å². The smallest absolute Gasteiger partial charge is 0.119 e. The van der Waals surface area contributed by atoms with Gasteiger partial charge in [0.25, 0.3) is 0 Å². The van der Waals surface area contributed by atoms with Gasteiger partial charge in [-0.25, -0.2) is 0 Å². The van der Waals surface area contributed by atoms with Gasteiger partial charge in [0.1, 0.15) is 5.75 Å². The van der Waals surface area contributed by atoms with E-state index in [9.17, 15) is 0 Å². The van der Waals surface area contributed by atoms with E-state index in [0.717, 1.165) is 30.8 Å². The van der Waals surface area contributed by atoms with Gasteiger partial charge in [-0.05, 0) is 43.4 Å². The highest BCUT2D eigenvalue weighted by Crippen LogP contribution is 2.13. The largest absolute Gasteiger partial charge is 0.494 e. The average Bonchev–Trinajstić information content (AvgIpc) is 2.34. The Hall–Kier alpha value is -1.50. The molecule has 0 aromatic heterocycles. The van der Waals surface area contributed by atoms with Gasteiger partial charge < -0.3 is 4.74 Å². The van der Waals surface area contributed by atoms with E-state index < -0.39 is 0 Å². The van der Waals surface area contributed by atoms with Crippen LogP contribution in [-0.4, -0.2) is 6.61 Å². The van der Waals surface area contributed by atoms with Gasteiger partial charge in [-0.2, -0.15) is 0 Å². The molecule has 0 saturated heterocycles. The minimum Gasteiger partial charge on any atom is -0.494 e. The first kappa shape index (κ1) is 12.6. The molecule has 0 amide bonds. The van der Waals surface area contributed by atoms with Crippen molar-refractivity contribution in [3.05, 3.63) is 49.1 Å². The lowest BCUT2D eigenvalue weighted by Crippen LogP contribution is -1.96. The predicted octanol–water partition coefficient (Wildman–Crippen LogP) is 4.45. The quantitative estimate of drug-likeness (QED) is 0.460. The van der Waals surface area contributed by atoms with Crippen LogP contribution in [0.1, 0.15) is 31.2 Å². The number of benzene rings is 1. The number of allylic oxidation sites excluding steroid dienone is 1. The zero-order valence-electron chi connectivity index (χ0n) is 9.82. The van der Waals surface area contributed by atoms with Crippen molar-refractivity contribution in [3.63, 3.8) is 0 Å². The van der Waals surface area contributed by atoms with Crippen LogP contribution in [0.15, 0.2) is 43.5 Å². The molecule has 1 nitrogen and oxygen atoms in total. The van der Waals surface area contributed by atoms with Crippen LogP contribution in [0.2, 0.25) is 0 Å². The van der Waals surface area contributed by atoms with Gasteiger partial charge in [-0.3, -0.25) is 0 Å².